The maximum atomic E-state index is 12.0. The zero-order chi connectivity index (χ0) is 18.4. The third-order valence-electron chi connectivity index (χ3n) is 2.99. The molecule has 0 aliphatic carbocycles. The number of aromatic nitrogens is 2. The normalized spacial score (nSPS) is 11.0. The summed E-state index contributed by atoms with van der Waals surface area (Å²) in [5, 5.41) is 13.8. The Hall–Kier alpha value is -2.13. The molecule has 25 heavy (non-hydrogen) atoms. The van der Waals surface area contributed by atoms with E-state index in [1.165, 1.54) is 23.1 Å². The summed E-state index contributed by atoms with van der Waals surface area (Å²) in [7, 11) is 1.57. The van der Waals surface area contributed by atoms with E-state index < -0.39 is 5.41 Å². The van der Waals surface area contributed by atoms with Crippen molar-refractivity contribution in [2.75, 3.05) is 23.5 Å². The number of anilines is 2. The van der Waals surface area contributed by atoms with Crippen LogP contribution in [0.5, 0.6) is 5.75 Å². The largest absolute Gasteiger partial charge is 0.497 e. The van der Waals surface area contributed by atoms with Gasteiger partial charge in [-0.1, -0.05) is 49.9 Å². The van der Waals surface area contributed by atoms with Crippen molar-refractivity contribution in [3.8, 4) is 5.75 Å². The van der Waals surface area contributed by atoms with E-state index in [1.54, 1.807) is 31.4 Å². The topological polar surface area (TPSA) is 93.2 Å². The molecule has 0 saturated heterocycles. The Labute approximate surface area is 154 Å². The summed E-state index contributed by atoms with van der Waals surface area (Å²) in [5.41, 5.74) is 0.163. The Balaban J connectivity index is 1.85. The van der Waals surface area contributed by atoms with Crippen LogP contribution >= 0.6 is 23.1 Å². The Kier molecular flexibility index (Phi) is 6.38. The van der Waals surface area contributed by atoms with Gasteiger partial charge in [-0.25, -0.2) is 0 Å². The quantitative estimate of drug-likeness (QED) is 0.590. The highest BCUT2D eigenvalue weighted by Gasteiger charge is 2.22. The van der Waals surface area contributed by atoms with Crippen molar-refractivity contribution in [3.05, 3.63) is 24.3 Å². The van der Waals surface area contributed by atoms with Crippen molar-refractivity contribution in [2.24, 2.45) is 5.41 Å². The minimum absolute atomic E-state index is 0.129. The summed E-state index contributed by atoms with van der Waals surface area (Å²) in [6.07, 6.45) is 0. The molecule has 0 fully saturated rings. The van der Waals surface area contributed by atoms with Crippen molar-refractivity contribution in [1.29, 1.82) is 0 Å². The van der Waals surface area contributed by atoms with Crippen LogP contribution in [0.25, 0.3) is 0 Å². The van der Waals surface area contributed by atoms with Crippen LogP contribution in [-0.4, -0.2) is 34.9 Å². The number of rotatable bonds is 6. The van der Waals surface area contributed by atoms with Crippen LogP contribution in [0.1, 0.15) is 20.8 Å². The molecular weight excluding hydrogens is 360 g/mol. The molecule has 2 amide bonds. The number of hydrogen-bond acceptors (Lipinski definition) is 7. The number of ether oxygens (including phenoxy) is 1. The van der Waals surface area contributed by atoms with Crippen molar-refractivity contribution < 1.29 is 14.3 Å². The van der Waals surface area contributed by atoms with Crippen molar-refractivity contribution in [1.82, 2.24) is 10.2 Å². The molecule has 2 rings (SSSR count). The molecule has 1 heterocycles. The van der Waals surface area contributed by atoms with Gasteiger partial charge in [-0.3, -0.25) is 9.59 Å². The standard InChI is InChI=1S/C16H20N4O3S2/c1-16(2,3)13(22)18-14-19-20-15(25-14)24-9-12(21)17-10-6-5-7-11(8-10)23-4/h5-8H,9H2,1-4H3,(H,17,21)(H,18,19,22). The fourth-order valence-electron chi connectivity index (χ4n) is 1.63. The number of carbonyl (C=O) groups is 2. The monoisotopic (exact) mass is 380 g/mol. The summed E-state index contributed by atoms with van der Waals surface area (Å²) in [5.74, 6) is 0.581. The van der Waals surface area contributed by atoms with Crippen LogP contribution in [0.15, 0.2) is 28.6 Å². The Bertz CT molecular complexity index is 756. The molecule has 0 saturated carbocycles. The summed E-state index contributed by atoms with van der Waals surface area (Å²) in [6.45, 7) is 5.46. The zero-order valence-corrected chi connectivity index (χ0v) is 16.1. The minimum Gasteiger partial charge on any atom is -0.497 e. The number of nitrogens with one attached hydrogen (secondary N) is 2. The van der Waals surface area contributed by atoms with Crippen molar-refractivity contribution >= 4 is 45.7 Å². The third kappa shape index (κ3) is 6.02. The molecule has 0 radical (unpaired) electrons. The van der Waals surface area contributed by atoms with Gasteiger partial charge in [0.05, 0.1) is 12.9 Å². The SMILES string of the molecule is COc1cccc(NC(=O)CSc2nnc(NC(=O)C(C)(C)C)s2)c1. The number of methoxy groups -OCH3 is 1. The zero-order valence-electron chi connectivity index (χ0n) is 14.5. The lowest BCUT2D eigenvalue weighted by Crippen LogP contribution is -2.27. The average Bonchev–Trinajstić information content (AvgIpc) is 3.00. The summed E-state index contributed by atoms with van der Waals surface area (Å²) in [4.78, 5) is 23.9. The van der Waals surface area contributed by atoms with E-state index in [0.717, 1.165) is 0 Å². The van der Waals surface area contributed by atoms with Crippen LogP contribution in [0, 0.1) is 5.41 Å². The van der Waals surface area contributed by atoms with Crippen LogP contribution in [0.2, 0.25) is 0 Å². The molecule has 0 aliphatic rings. The van der Waals surface area contributed by atoms with Gasteiger partial charge in [-0.05, 0) is 12.1 Å². The van der Waals surface area contributed by atoms with Gasteiger partial charge in [0, 0.05) is 17.2 Å². The van der Waals surface area contributed by atoms with Crippen LogP contribution in [0.3, 0.4) is 0 Å². The molecule has 7 nitrogen and oxygen atoms in total. The Morgan fingerprint density at radius 2 is 2.00 bits per heavy atom. The number of hydrogen-bond donors (Lipinski definition) is 2. The lowest BCUT2D eigenvalue weighted by Gasteiger charge is -2.15. The van der Waals surface area contributed by atoms with Crippen molar-refractivity contribution in [2.45, 2.75) is 25.1 Å². The highest BCUT2D eigenvalue weighted by molar-refractivity contribution is 8.01. The fourth-order valence-corrected chi connectivity index (χ4v) is 3.18. The summed E-state index contributed by atoms with van der Waals surface area (Å²) < 4.78 is 5.73. The van der Waals surface area contributed by atoms with E-state index in [9.17, 15) is 9.59 Å². The number of nitrogens with zero attached hydrogens (tertiary/aromatic N) is 2. The number of thioether (sulfide) groups is 1. The highest BCUT2D eigenvalue weighted by atomic mass is 32.2. The van der Waals surface area contributed by atoms with Gasteiger partial charge in [0.15, 0.2) is 4.34 Å². The van der Waals surface area contributed by atoms with Gasteiger partial charge in [-0.2, -0.15) is 0 Å². The number of amides is 2. The number of carbonyl (C=O) groups excluding carboxylic acids is 2. The van der Waals surface area contributed by atoms with Gasteiger partial charge >= 0.3 is 0 Å². The second-order valence-electron chi connectivity index (χ2n) is 6.15. The van der Waals surface area contributed by atoms with Crippen molar-refractivity contribution in [3.63, 3.8) is 0 Å². The van der Waals surface area contributed by atoms with Crippen LogP contribution < -0.4 is 15.4 Å². The molecule has 9 heteroatoms. The Morgan fingerprint density at radius 3 is 2.68 bits per heavy atom. The van der Waals surface area contributed by atoms with E-state index in [2.05, 4.69) is 20.8 Å². The molecule has 1 aromatic carbocycles. The van der Waals surface area contributed by atoms with Gasteiger partial charge in [0.25, 0.3) is 0 Å². The maximum absolute atomic E-state index is 12.0. The summed E-state index contributed by atoms with van der Waals surface area (Å²) in [6, 6.07) is 7.14. The van der Waals surface area contributed by atoms with Crippen LogP contribution in [0.4, 0.5) is 10.8 Å². The first-order valence-electron chi connectivity index (χ1n) is 7.49. The Morgan fingerprint density at radius 1 is 1.24 bits per heavy atom. The maximum Gasteiger partial charge on any atom is 0.234 e. The van der Waals surface area contributed by atoms with E-state index >= 15 is 0 Å². The lowest BCUT2D eigenvalue weighted by molar-refractivity contribution is -0.123. The first-order valence-corrected chi connectivity index (χ1v) is 9.30. The summed E-state index contributed by atoms with van der Waals surface area (Å²) >= 11 is 2.50. The molecule has 0 spiro atoms. The minimum atomic E-state index is -0.504. The molecule has 0 bridgehead atoms. The predicted octanol–water partition coefficient (Wildman–Crippen LogP) is 3.26. The third-order valence-corrected chi connectivity index (χ3v) is 4.96. The molecule has 1 aromatic heterocycles. The second kappa shape index (κ2) is 8.30. The molecule has 2 aromatic rings. The molecule has 2 N–H and O–H groups in total. The molecule has 0 atom stereocenters. The first kappa shape index (κ1) is 19.2. The lowest BCUT2D eigenvalue weighted by atomic mass is 9.96. The van der Waals surface area contributed by atoms with E-state index in [4.69, 9.17) is 4.74 Å². The fraction of sp³-hybridized carbons (Fsp3) is 0.375. The average molecular weight is 380 g/mol. The van der Waals surface area contributed by atoms with Gasteiger partial charge in [0.2, 0.25) is 16.9 Å². The van der Waals surface area contributed by atoms with Gasteiger partial charge in [-0.15, -0.1) is 10.2 Å². The van der Waals surface area contributed by atoms with Crippen LogP contribution in [-0.2, 0) is 9.59 Å². The molecule has 0 unspecified atom stereocenters. The smallest absolute Gasteiger partial charge is 0.234 e. The predicted molar refractivity (Wildman–Crippen MR) is 100 cm³/mol. The first-order chi connectivity index (χ1) is 11.8. The van der Waals surface area contributed by atoms with Gasteiger partial charge in [0.1, 0.15) is 5.75 Å². The molecule has 0 aliphatic heterocycles. The van der Waals surface area contributed by atoms with E-state index in [1.807, 2.05) is 20.8 Å². The van der Waals surface area contributed by atoms with E-state index in [-0.39, 0.29) is 17.6 Å². The van der Waals surface area contributed by atoms with Gasteiger partial charge < -0.3 is 15.4 Å². The second-order valence-corrected chi connectivity index (χ2v) is 8.35. The highest BCUT2D eigenvalue weighted by Crippen LogP contribution is 2.27. The van der Waals surface area contributed by atoms with E-state index in [0.29, 0.717) is 20.9 Å². The molecule has 134 valence electrons. The number of benzene rings is 1. The molecular formula is C16H20N4O3S2.